The Kier molecular flexibility index (Phi) is 16.2. The Balaban J connectivity index is 1.89. The lowest BCUT2D eigenvalue weighted by Crippen LogP contribution is -1.99. The van der Waals surface area contributed by atoms with Crippen molar-refractivity contribution in [3.63, 3.8) is 0 Å². The Morgan fingerprint density at radius 1 is 0.774 bits per heavy atom. The van der Waals surface area contributed by atoms with Crippen molar-refractivity contribution in [2.45, 2.75) is 110 Å². The molecule has 0 aliphatic rings. The van der Waals surface area contributed by atoms with Crippen LogP contribution in [0.1, 0.15) is 115 Å². The first-order chi connectivity index (χ1) is 15.2. The van der Waals surface area contributed by atoms with E-state index in [4.69, 9.17) is 10.00 Å². The van der Waals surface area contributed by atoms with Crippen molar-refractivity contribution in [1.82, 2.24) is 0 Å². The molecule has 31 heavy (non-hydrogen) atoms. The fourth-order valence-electron chi connectivity index (χ4n) is 3.79. The predicted molar refractivity (Wildman–Crippen MR) is 131 cm³/mol. The minimum absolute atomic E-state index is 0.229. The molecule has 1 aromatic rings. The molecule has 3 heteroatoms. The van der Waals surface area contributed by atoms with Gasteiger partial charge in [0, 0.05) is 5.57 Å². The molecule has 0 saturated carbocycles. The minimum atomic E-state index is -0.596. The van der Waals surface area contributed by atoms with Gasteiger partial charge in [0.25, 0.3) is 5.78 Å². The van der Waals surface area contributed by atoms with E-state index in [0.717, 1.165) is 18.8 Å². The lowest BCUT2D eigenvalue weighted by molar-refractivity contribution is -0.109. The number of unbranched alkanes of at least 4 members (excludes halogenated alkanes) is 15. The van der Waals surface area contributed by atoms with Crippen LogP contribution in [0.15, 0.2) is 30.8 Å². The van der Waals surface area contributed by atoms with Crippen LogP contribution in [0, 0.1) is 11.3 Å². The molecule has 0 saturated heterocycles. The monoisotopic (exact) mass is 425 g/mol. The Bertz CT molecular complexity index is 642. The molecular weight excluding hydrogens is 382 g/mol. The summed E-state index contributed by atoms with van der Waals surface area (Å²) in [6, 6.07) is 8.81. The van der Waals surface area contributed by atoms with Crippen LogP contribution >= 0.6 is 0 Å². The van der Waals surface area contributed by atoms with Crippen LogP contribution in [0.2, 0.25) is 0 Å². The molecule has 0 amide bonds. The molecule has 0 aromatic heterocycles. The van der Waals surface area contributed by atoms with E-state index in [1.165, 1.54) is 96.3 Å². The summed E-state index contributed by atoms with van der Waals surface area (Å²) in [6.07, 6.45) is 21.8. The fraction of sp³-hybridized carbons (Fsp3) is 0.643. The molecule has 0 N–H and O–H groups in total. The van der Waals surface area contributed by atoms with Gasteiger partial charge < -0.3 is 4.74 Å². The normalized spacial score (nSPS) is 10.6. The quantitative estimate of drug-likeness (QED) is 0.120. The second kappa shape index (κ2) is 18.7. The van der Waals surface area contributed by atoms with E-state index in [2.05, 4.69) is 13.5 Å². The number of rotatable bonds is 20. The number of ether oxygens (including phenoxy) is 1. The van der Waals surface area contributed by atoms with Crippen LogP contribution in [0.3, 0.4) is 0 Å². The van der Waals surface area contributed by atoms with Gasteiger partial charge in [-0.3, -0.25) is 4.79 Å². The Morgan fingerprint density at radius 3 is 1.61 bits per heavy atom. The van der Waals surface area contributed by atoms with Gasteiger partial charge in [0.15, 0.2) is 0 Å². The molecule has 0 fully saturated rings. The zero-order chi connectivity index (χ0) is 22.6. The maximum Gasteiger partial charge on any atom is 0.262 e. The molecule has 172 valence electrons. The lowest BCUT2D eigenvalue weighted by atomic mass is 10.0. The topological polar surface area (TPSA) is 50.1 Å². The van der Waals surface area contributed by atoms with Crippen molar-refractivity contribution < 1.29 is 9.53 Å². The number of ketones is 1. The molecule has 0 atom stereocenters. The average molecular weight is 426 g/mol. The van der Waals surface area contributed by atoms with Gasteiger partial charge in [0.2, 0.25) is 0 Å². The molecule has 0 aliphatic carbocycles. The minimum Gasteiger partial charge on any atom is -0.494 e. The van der Waals surface area contributed by atoms with Crippen LogP contribution in [0.4, 0.5) is 0 Å². The van der Waals surface area contributed by atoms with Crippen LogP contribution in [-0.2, 0) is 4.79 Å². The van der Waals surface area contributed by atoms with Gasteiger partial charge >= 0.3 is 0 Å². The standard InChI is InChI=1S/C28H43NO2/c1-3-4-5-6-7-8-9-10-11-12-13-14-15-16-17-18-23-31-27-21-19-26(20-22-27)25(2)28(30)24-29/h19-22H,2-18,23H2,1H3. The zero-order valence-electron chi connectivity index (χ0n) is 19.8. The summed E-state index contributed by atoms with van der Waals surface area (Å²) in [6.45, 7) is 6.66. The van der Waals surface area contributed by atoms with E-state index in [0.29, 0.717) is 5.56 Å². The summed E-state index contributed by atoms with van der Waals surface area (Å²) >= 11 is 0. The van der Waals surface area contributed by atoms with Crippen LogP contribution in [0.25, 0.3) is 5.57 Å². The number of allylic oxidation sites excluding steroid dienone is 1. The van der Waals surface area contributed by atoms with Crippen LogP contribution in [0.5, 0.6) is 5.75 Å². The highest BCUT2D eigenvalue weighted by Crippen LogP contribution is 2.19. The summed E-state index contributed by atoms with van der Waals surface area (Å²) in [4.78, 5) is 11.4. The molecule has 0 heterocycles. The molecule has 1 rings (SSSR count). The number of hydrogen-bond acceptors (Lipinski definition) is 3. The number of carbonyl (C=O) groups is 1. The summed E-state index contributed by atoms with van der Waals surface area (Å²) < 4.78 is 5.77. The first kappa shape index (κ1) is 27.0. The third-order valence-electron chi connectivity index (χ3n) is 5.85. The molecule has 0 bridgehead atoms. The van der Waals surface area contributed by atoms with E-state index in [1.807, 2.05) is 12.1 Å². The van der Waals surface area contributed by atoms with Gasteiger partial charge in [-0.2, -0.15) is 5.26 Å². The van der Waals surface area contributed by atoms with Gasteiger partial charge in [-0.15, -0.1) is 0 Å². The number of Topliss-reactive ketones (excluding diaryl/α,β-unsaturated/α-hetero) is 1. The second-order valence-electron chi connectivity index (χ2n) is 8.60. The molecule has 0 unspecified atom stereocenters. The van der Waals surface area contributed by atoms with E-state index < -0.39 is 5.78 Å². The lowest BCUT2D eigenvalue weighted by Gasteiger charge is -2.07. The molecule has 0 spiro atoms. The van der Waals surface area contributed by atoms with Gasteiger partial charge in [-0.25, -0.2) is 0 Å². The number of carbonyl (C=O) groups excluding carboxylic acids is 1. The Hall–Kier alpha value is -2.08. The molecule has 3 nitrogen and oxygen atoms in total. The first-order valence-corrected chi connectivity index (χ1v) is 12.6. The smallest absolute Gasteiger partial charge is 0.262 e. The number of nitrogens with zero attached hydrogens (tertiary/aromatic N) is 1. The van der Waals surface area contributed by atoms with Crippen LogP contribution in [-0.4, -0.2) is 12.4 Å². The van der Waals surface area contributed by atoms with E-state index in [-0.39, 0.29) is 5.57 Å². The molecular formula is C28H43NO2. The average Bonchev–Trinajstić information content (AvgIpc) is 2.80. The highest BCUT2D eigenvalue weighted by Gasteiger charge is 2.08. The van der Waals surface area contributed by atoms with Crippen molar-refractivity contribution in [2.75, 3.05) is 6.61 Å². The summed E-state index contributed by atoms with van der Waals surface area (Å²) in [5, 5.41) is 8.65. The SMILES string of the molecule is C=C(C(=O)C#N)c1ccc(OCCCCCCCCCCCCCCCCCC)cc1. The number of hydrogen-bond donors (Lipinski definition) is 0. The number of nitriles is 1. The third-order valence-corrected chi connectivity index (χ3v) is 5.85. The number of benzene rings is 1. The van der Waals surface area contributed by atoms with Gasteiger partial charge in [-0.1, -0.05) is 122 Å². The highest BCUT2D eigenvalue weighted by atomic mass is 16.5. The van der Waals surface area contributed by atoms with Gasteiger partial charge in [0.1, 0.15) is 11.8 Å². The van der Waals surface area contributed by atoms with E-state index >= 15 is 0 Å². The fourth-order valence-corrected chi connectivity index (χ4v) is 3.79. The second-order valence-corrected chi connectivity index (χ2v) is 8.60. The van der Waals surface area contributed by atoms with Crippen LogP contribution < -0.4 is 4.74 Å². The molecule has 0 aliphatic heterocycles. The zero-order valence-corrected chi connectivity index (χ0v) is 19.8. The van der Waals surface area contributed by atoms with Crippen molar-refractivity contribution >= 4 is 11.4 Å². The highest BCUT2D eigenvalue weighted by molar-refractivity contribution is 6.27. The maximum absolute atomic E-state index is 11.4. The van der Waals surface area contributed by atoms with Gasteiger partial charge in [-0.05, 0) is 24.1 Å². The first-order valence-electron chi connectivity index (χ1n) is 12.6. The summed E-state index contributed by atoms with van der Waals surface area (Å²) in [5.74, 6) is 0.198. The molecule has 1 aromatic carbocycles. The van der Waals surface area contributed by atoms with Crippen molar-refractivity contribution in [3.05, 3.63) is 36.4 Å². The largest absolute Gasteiger partial charge is 0.494 e. The predicted octanol–water partition coefficient (Wildman–Crippen LogP) is 8.43. The van der Waals surface area contributed by atoms with E-state index in [1.54, 1.807) is 18.2 Å². The summed E-state index contributed by atoms with van der Waals surface area (Å²) in [5.41, 5.74) is 0.896. The Labute approximate surface area is 190 Å². The van der Waals surface area contributed by atoms with E-state index in [9.17, 15) is 4.79 Å². The van der Waals surface area contributed by atoms with Crippen molar-refractivity contribution in [3.8, 4) is 11.8 Å². The summed E-state index contributed by atoms with van der Waals surface area (Å²) in [7, 11) is 0. The third kappa shape index (κ3) is 13.8. The van der Waals surface area contributed by atoms with Crippen molar-refractivity contribution in [2.24, 2.45) is 0 Å². The molecule has 0 radical (unpaired) electrons. The maximum atomic E-state index is 11.4. The van der Waals surface area contributed by atoms with Crippen molar-refractivity contribution in [1.29, 1.82) is 5.26 Å². The Morgan fingerprint density at radius 2 is 1.19 bits per heavy atom. The van der Waals surface area contributed by atoms with Gasteiger partial charge in [0.05, 0.1) is 6.61 Å².